The van der Waals surface area contributed by atoms with Gasteiger partial charge in [0.15, 0.2) is 0 Å². The zero-order valence-electron chi connectivity index (χ0n) is 19.8. The van der Waals surface area contributed by atoms with Crippen molar-refractivity contribution >= 4 is 17.7 Å². The first kappa shape index (κ1) is 25.4. The van der Waals surface area contributed by atoms with Gasteiger partial charge in [-0.3, -0.25) is 14.4 Å². The third-order valence-electron chi connectivity index (χ3n) is 6.88. The molecule has 1 aliphatic heterocycles. The summed E-state index contributed by atoms with van der Waals surface area (Å²) in [6, 6.07) is -1.17. The van der Waals surface area contributed by atoms with E-state index >= 15 is 0 Å². The summed E-state index contributed by atoms with van der Waals surface area (Å²) in [5.41, 5.74) is 0. The van der Waals surface area contributed by atoms with Crippen LogP contribution in [-0.2, 0) is 14.4 Å². The zero-order valence-corrected chi connectivity index (χ0v) is 19.8. The van der Waals surface area contributed by atoms with E-state index in [0.717, 1.165) is 32.1 Å². The maximum absolute atomic E-state index is 13.7. The number of carbonyl (C=O) groups is 3. The van der Waals surface area contributed by atoms with Crippen molar-refractivity contribution < 1.29 is 19.5 Å². The van der Waals surface area contributed by atoms with E-state index in [4.69, 9.17) is 0 Å². The number of nitrogens with zero attached hydrogens (tertiary/aromatic N) is 1. The molecule has 6 atom stereocenters. The van der Waals surface area contributed by atoms with Gasteiger partial charge >= 0.3 is 0 Å². The van der Waals surface area contributed by atoms with E-state index in [2.05, 4.69) is 24.5 Å². The molecule has 3 N–H and O–H groups in total. The number of likely N-dealkylation sites (tertiary alicyclic amines) is 1. The van der Waals surface area contributed by atoms with Crippen LogP contribution < -0.4 is 10.6 Å². The maximum atomic E-state index is 13.7. The minimum absolute atomic E-state index is 0.0154. The smallest absolute Gasteiger partial charge is 0.243 e. The standard InChI is InChI=1S/C24H41N3O4/c1-6-8-9-13-26-23(30)21-17-12-11-16(10-7-2)19(22(29)25-5)20(17)24(31)27(21)18(14-28)15(3)4/h11-12,15-21,28H,6-10,13-14H2,1-5H3,(H,25,29)(H,26,30)/t16-,17+,18+,19-,20-,21+/m1/s1. The monoisotopic (exact) mass is 435 g/mol. The Morgan fingerprint density at radius 3 is 2.39 bits per heavy atom. The fourth-order valence-corrected chi connectivity index (χ4v) is 5.25. The molecule has 2 rings (SSSR count). The van der Waals surface area contributed by atoms with E-state index in [1.54, 1.807) is 11.9 Å². The summed E-state index contributed by atoms with van der Waals surface area (Å²) in [6.45, 7) is 8.41. The molecule has 0 aromatic carbocycles. The molecule has 1 aliphatic carbocycles. The molecule has 3 amide bonds. The van der Waals surface area contributed by atoms with Gasteiger partial charge in [-0.25, -0.2) is 0 Å². The summed E-state index contributed by atoms with van der Waals surface area (Å²) in [5, 5.41) is 15.8. The highest BCUT2D eigenvalue weighted by Gasteiger charge is 2.58. The summed E-state index contributed by atoms with van der Waals surface area (Å²) >= 11 is 0. The van der Waals surface area contributed by atoms with Gasteiger partial charge in [0.25, 0.3) is 0 Å². The number of amides is 3. The number of hydrogen-bond acceptors (Lipinski definition) is 4. The highest BCUT2D eigenvalue weighted by molar-refractivity contribution is 5.97. The van der Waals surface area contributed by atoms with Gasteiger partial charge in [-0.05, 0) is 24.7 Å². The van der Waals surface area contributed by atoms with Crippen molar-refractivity contribution in [2.75, 3.05) is 20.2 Å². The number of hydrogen-bond donors (Lipinski definition) is 3. The van der Waals surface area contributed by atoms with Crippen LogP contribution in [-0.4, -0.2) is 60.0 Å². The minimum atomic E-state index is -0.704. The number of fused-ring (bicyclic) bond motifs is 1. The number of aliphatic hydroxyl groups excluding tert-OH is 1. The summed E-state index contributed by atoms with van der Waals surface area (Å²) < 4.78 is 0. The van der Waals surface area contributed by atoms with Gasteiger partial charge in [0.2, 0.25) is 17.7 Å². The van der Waals surface area contributed by atoms with Crippen molar-refractivity contribution in [3.8, 4) is 0 Å². The molecule has 0 aromatic rings. The fraction of sp³-hybridized carbons (Fsp3) is 0.792. The van der Waals surface area contributed by atoms with Crippen molar-refractivity contribution in [2.24, 2.45) is 29.6 Å². The van der Waals surface area contributed by atoms with E-state index in [9.17, 15) is 19.5 Å². The molecule has 7 heteroatoms. The largest absolute Gasteiger partial charge is 0.394 e. The number of rotatable bonds is 11. The van der Waals surface area contributed by atoms with Crippen LogP contribution in [0.5, 0.6) is 0 Å². The van der Waals surface area contributed by atoms with Gasteiger partial charge in [-0.15, -0.1) is 0 Å². The molecular weight excluding hydrogens is 394 g/mol. The summed E-state index contributed by atoms with van der Waals surface area (Å²) in [4.78, 5) is 41.5. The summed E-state index contributed by atoms with van der Waals surface area (Å²) in [6.07, 6.45) is 8.71. The first-order chi connectivity index (χ1) is 14.8. The maximum Gasteiger partial charge on any atom is 0.243 e. The second kappa shape index (κ2) is 11.7. The van der Waals surface area contributed by atoms with E-state index in [-0.39, 0.29) is 42.1 Å². The molecule has 31 heavy (non-hydrogen) atoms. The van der Waals surface area contributed by atoms with Crippen molar-refractivity contribution in [3.05, 3.63) is 12.2 Å². The van der Waals surface area contributed by atoms with Crippen LogP contribution >= 0.6 is 0 Å². The lowest BCUT2D eigenvalue weighted by atomic mass is 9.68. The number of unbranched alkanes of at least 4 members (excludes halogenated alkanes) is 2. The Hall–Kier alpha value is -1.89. The highest BCUT2D eigenvalue weighted by Crippen LogP contribution is 2.46. The van der Waals surface area contributed by atoms with Gasteiger partial charge in [0.1, 0.15) is 6.04 Å². The molecule has 2 aliphatic rings. The predicted molar refractivity (Wildman–Crippen MR) is 121 cm³/mol. The van der Waals surface area contributed by atoms with Crippen LogP contribution in [0.3, 0.4) is 0 Å². The molecule has 176 valence electrons. The second-order valence-corrected chi connectivity index (χ2v) is 9.26. The van der Waals surface area contributed by atoms with Gasteiger partial charge < -0.3 is 20.6 Å². The lowest BCUT2D eigenvalue weighted by Gasteiger charge is -2.35. The SMILES string of the molecule is CCCCCNC(=O)[C@@H]1[C@H]2C=C[C@@H](CCC)[C@@H](C(=O)NC)[C@@H]2C(=O)N1[C@@H](CO)C(C)C. The highest BCUT2D eigenvalue weighted by atomic mass is 16.3. The second-order valence-electron chi connectivity index (χ2n) is 9.26. The Bertz CT molecular complexity index is 663. The van der Waals surface area contributed by atoms with Gasteiger partial charge in [-0.2, -0.15) is 0 Å². The van der Waals surface area contributed by atoms with Crippen molar-refractivity contribution in [2.45, 2.75) is 71.9 Å². The van der Waals surface area contributed by atoms with Crippen molar-refractivity contribution in [1.82, 2.24) is 15.5 Å². The van der Waals surface area contributed by atoms with E-state index in [1.807, 2.05) is 26.0 Å². The molecule has 1 heterocycles. The molecule has 0 radical (unpaired) electrons. The van der Waals surface area contributed by atoms with Gasteiger partial charge in [0.05, 0.1) is 24.5 Å². The zero-order chi connectivity index (χ0) is 23.1. The molecule has 1 saturated heterocycles. The number of aliphatic hydroxyl groups is 1. The third-order valence-corrected chi connectivity index (χ3v) is 6.88. The van der Waals surface area contributed by atoms with E-state index < -0.39 is 23.9 Å². The Morgan fingerprint density at radius 2 is 1.84 bits per heavy atom. The number of carbonyl (C=O) groups excluding carboxylic acids is 3. The molecule has 7 nitrogen and oxygen atoms in total. The van der Waals surface area contributed by atoms with E-state index in [0.29, 0.717) is 6.54 Å². The molecular formula is C24H41N3O4. The van der Waals surface area contributed by atoms with Crippen LogP contribution in [0.4, 0.5) is 0 Å². The Labute approximate surface area is 187 Å². The van der Waals surface area contributed by atoms with Crippen LogP contribution in [0.25, 0.3) is 0 Å². The number of nitrogens with one attached hydrogen (secondary N) is 2. The first-order valence-corrected chi connectivity index (χ1v) is 11.9. The lowest BCUT2D eigenvalue weighted by Crippen LogP contribution is -2.54. The van der Waals surface area contributed by atoms with E-state index in [1.165, 1.54) is 0 Å². The Kier molecular flexibility index (Phi) is 9.54. The minimum Gasteiger partial charge on any atom is -0.394 e. The number of allylic oxidation sites excluding steroid dienone is 1. The average Bonchev–Trinajstić information content (AvgIpc) is 3.03. The Balaban J connectivity index is 2.44. The van der Waals surface area contributed by atoms with Crippen molar-refractivity contribution in [1.29, 1.82) is 0 Å². The quantitative estimate of drug-likeness (QED) is 0.342. The first-order valence-electron chi connectivity index (χ1n) is 11.9. The molecule has 0 unspecified atom stereocenters. The molecule has 1 fully saturated rings. The summed E-state index contributed by atoms with van der Waals surface area (Å²) in [5.74, 6) is -2.04. The third kappa shape index (κ3) is 5.30. The van der Waals surface area contributed by atoms with Gasteiger partial charge in [-0.1, -0.05) is 59.1 Å². The van der Waals surface area contributed by atoms with Gasteiger partial charge in [0, 0.05) is 19.5 Å². The molecule has 0 spiro atoms. The fourth-order valence-electron chi connectivity index (χ4n) is 5.25. The van der Waals surface area contributed by atoms with Crippen LogP contribution in [0.1, 0.15) is 59.8 Å². The lowest BCUT2D eigenvalue weighted by molar-refractivity contribution is -0.144. The topological polar surface area (TPSA) is 98.7 Å². The normalized spacial score (nSPS) is 28.5. The van der Waals surface area contributed by atoms with Crippen LogP contribution in [0, 0.1) is 29.6 Å². The predicted octanol–water partition coefficient (Wildman–Crippen LogP) is 2.10. The average molecular weight is 436 g/mol. The van der Waals surface area contributed by atoms with Crippen molar-refractivity contribution in [3.63, 3.8) is 0 Å². The summed E-state index contributed by atoms with van der Waals surface area (Å²) in [7, 11) is 1.60. The van der Waals surface area contributed by atoms with Crippen LogP contribution in [0.15, 0.2) is 12.2 Å². The molecule has 0 aromatic heterocycles. The molecule has 0 saturated carbocycles. The Morgan fingerprint density at radius 1 is 1.13 bits per heavy atom. The molecule has 0 bridgehead atoms. The van der Waals surface area contributed by atoms with Crippen LogP contribution in [0.2, 0.25) is 0 Å².